The zero-order chi connectivity index (χ0) is 18.0. The molecule has 128 valence electrons. The monoisotopic (exact) mass is 389 g/mol. The summed E-state index contributed by atoms with van der Waals surface area (Å²) in [6.07, 6.45) is 0. The van der Waals surface area contributed by atoms with E-state index >= 15 is 0 Å². The van der Waals surface area contributed by atoms with Gasteiger partial charge in [0.1, 0.15) is 5.01 Å². The van der Waals surface area contributed by atoms with Crippen molar-refractivity contribution in [2.24, 2.45) is 5.92 Å². The number of aromatic nitrogens is 1. The Hall–Kier alpha value is -2.02. The van der Waals surface area contributed by atoms with E-state index in [1.54, 1.807) is 31.3 Å². The fourth-order valence-corrected chi connectivity index (χ4v) is 3.50. The first-order chi connectivity index (χ1) is 11.9. The van der Waals surface area contributed by atoms with E-state index in [4.69, 9.17) is 23.8 Å². The summed E-state index contributed by atoms with van der Waals surface area (Å²) in [6.45, 7) is 3.61. The molecule has 0 aliphatic heterocycles. The highest BCUT2D eigenvalue weighted by atomic mass is 35.5. The molecule has 2 aromatic carbocycles. The summed E-state index contributed by atoms with van der Waals surface area (Å²) >= 11 is 13.1. The number of carbonyl (C=O) groups excluding carboxylic acids is 1. The van der Waals surface area contributed by atoms with Gasteiger partial charge in [0.2, 0.25) is 5.91 Å². The molecule has 0 unspecified atom stereocenters. The molecule has 0 saturated carbocycles. The molecule has 0 radical (unpaired) electrons. The number of nitrogens with zero attached hydrogens (tertiary/aromatic N) is 1. The Bertz CT molecular complexity index is 919. The number of rotatable bonds is 3. The lowest BCUT2D eigenvalue weighted by atomic mass is 10.2. The molecule has 4 nitrogen and oxygen atoms in total. The number of halogens is 1. The van der Waals surface area contributed by atoms with Crippen LogP contribution in [0.25, 0.3) is 20.8 Å². The number of thiazole rings is 1. The van der Waals surface area contributed by atoms with E-state index < -0.39 is 0 Å². The Kier molecular flexibility index (Phi) is 5.32. The highest BCUT2D eigenvalue weighted by Gasteiger charge is 2.12. The SMILES string of the molecule is CC(C)C(=O)NC(=S)Nc1cc(-c2nc3ccccc3s2)ccc1Cl. The molecule has 1 amide bonds. The molecule has 1 aromatic heterocycles. The van der Waals surface area contributed by atoms with Gasteiger partial charge in [0.15, 0.2) is 5.11 Å². The Morgan fingerprint density at radius 3 is 2.72 bits per heavy atom. The van der Waals surface area contributed by atoms with Crippen LogP contribution in [0.5, 0.6) is 0 Å². The predicted octanol–water partition coefficient (Wildman–Crippen LogP) is 5.09. The summed E-state index contributed by atoms with van der Waals surface area (Å²) in [5.41, 5.74) is 2.53. The third-order valence-electron chi connectivity index (χ3n) is 3.52. The molecule has 0 bridgehead atoms. The summed E-state index contributed by atoms with van der Waals surface area (Å²) in [4.78, 5) is 16.4. The fourth-order valence-electron chi connectivity index (χ4n) is 2.16. The van der Waals surface area contributed by atoms with Crippen molar-refractivity contribution < 1.29 is 4.79 Å². The zero-order valence-electron chi connectivity index (χ0n) is 13.7. The fraction of sp³-hybridized carbons (Fsp3) is 0.167. The number of hydrogen-bond donors (Lipinski definition) is 2. The van der Waals surface area contributed by atoms with E-state index in [9.17, 15) is 4.79 Å². The van der Waals surface area contributed by atoms with Gasteiger partial charge in [0.05, 0.1) is 20.9 Å². The standard InChI is InChI=1S/C18H16ClN3OS2/c1-10(2)16(23)22-18(24)21-14-9-11(7-8-12(14)19)17-20-13-5-3-4-6-15(13)25-17/h3-10H,1-2H3,(H2,21,22,23,24). The lowest BCUT2D eigenvalue weighted by Crippen LogP contribution is -2.36. The maximum absolute atomic E-state index is 11.7. The van der Waals surface area contributed by atoms with E-state index in [-0.39, 0.29) is 16.9 Å². The van der Waals surface area contributed by atoms with Gasteiger partial charge in [-0.1, -0.05) is 43.6 Å². The van der Waals surface area contributed by atoms with Gasteiger partial charge in [-0.05, 0) is 36.5 Å². The quantitative estimate of drug-likeness (QED) is 0.613. The number of benzene rings is 2. The van der Waals surface area contributed by atoms with Crippen LogP contribution in [0.1, 0.15) is 13.8 Å². The van der Waals surface area contributed by atoms with Gasteiger partial charge in [-0.25, -0.2) is 4.98 Å². The molecule has 1 heterocycles. The molecule has 2 N–H and O–H groups in total. The lowest BCUT2D eigenvalue weighted by molar-refractivity contribution is -0.122. The molecule has 3 rings (SSSR count). The summed E-state index contributed by atoms with van der Waals surface area (Å²) in [5, 5.41) is 7.27. The molecule has 7 heteroatoms. The average molecular weight is 390 g/mol. The van der Waals surface area contributed by atoms with Gasteiger partial charge < -0.3 is 10.6 Å². The third-order valence-corrected chi connectivity index (χ3v) is 5.14. The predicted molar refractivity (Wildman–Crippen MR) is 109 cm³/mol. The second-order valence-electron chi connectivity index (χ2n) is 5.78. The minimum Gasteiger partial charge on any atom is -0.331 e. The van der Waals surface area contributed by atoms with Gasteiger partial charge in [0.25, 0.3) is 0 Å². The van der Waals surface area contributed by atoms with Crippen molar-refractivity contribution in [1.82, 2.24) is 10.3 Å². The number of hydrogen-bond acceptors (Lipinski definition) is 4. The first-order valence-corrected chi connectivity index (χ1v) is 9.31. The van der Waals surface area contributed by atoms with Crippen LogP contribution in [0.15, 0.2) is 42.5 Å². The molecule has 0 aliphatic carbocycles. The van der Waals surface area contributed by atoms with Gasteiger partial charge in [-0.15, -0.1) is 11.3 Å². The zero-order valence-corrected chi connectivity index (χ0v) is 16.1. The van der Waals surface area contributed by atoms with Crippen molar-refractivity contribution in [2.75, 3.05) is 5.32 Å². The van der Waals surface area contributed by atoms with Crippen LogP contribution in [0.3, 0.4) is 0 Å². The van der Waals surface area contributed by atoms with Crippen molar-refractivity contribution in [3.05, 3.63) is 47.5 Å². The Morgan fingerprint density at radius 1 is 1.24 bits per heavy atom. The van der Waals surface area contributed by atoms with Crippen molar-refractivity contribution >= 4 is 62.1 Å². The van der Waals surface area contributed by atoms with Gasteiger partial charge >= 0.3 is 0 Å². The highest BCUT2D eigenvalue weighted by Crippen LogP contribution is 2.33. The lowest BCUT2D eigenvalue weighted by Gasteiger charge is -2.13. The molecular formula is C18H16ClN3OS2. The first-order valence-electron chi connectivity index (χ1n) is 7.71. The number of nitrogens with one attached hydrogen (secondary N) is 2. The minimum atomic E-state index is -0.149. The van der Waals surface area contributed by atoms with Crippen LogP contribution < -0.4 is 10.6 Å². The Morgan fingerprint density at radius 2 is 2.00 bits per heavy atom. The molecule has 0 aliphatic rings. The van der Waals surface area contributed by atoms with Crippen molar-refractivity contribution in [2.45, 2.75) is 13.8 Å². The van der Waals surface area contributed by atoms with Crippen LogP contribution in [0.2, 0.25) is 5.02 Å². The number of fused-ring (bicyclic) bond motifs is 1. The van der Waals surface area contributed by atoms with Crippen LogP contribution in [0.4, 0.5) is 5.69 Å². The molecule has 3 aromatic rings. The normalized spacial score (nSPS) is 10.9. The minimum absolute atomic E-state index is 0.143. The molecule has 0 fully saturated rings. The second-order valence-corrected chi connectivity index (χ2v) is 7.63. The topological polar surface area (TPSA) is 54.0 Å². The van der Waals surface area contributed by atoms with Crippen LogP contribution >= 0.6 is 35.2 Å². The van der Waals surface area contributed by atoms with Crippen molar-refractivity contribution in [3.63, 3.8) is 0 Å². The maximum Gasteiger partial charge on any atom is 0.228 e. The number of para-hydroxylation sites is 1. The second kappa shape index (κ2) is 7.47. The molecule has 0 saturated heterocycles. The van der Waals surface area contributed by atoms with E-state index in [2.05, 4.69) is 15.6 Å². The maximum atomic E-state index is 11.7. The third kappa shape index (κ3) is 4.15. The van der Waals surface area contributed by atoms with Gasteiger partial charge in [-0.3, -0.25) is 4.79 Å². The molecule has 0 atom stereocenters. The van der Waals surface area contributed by atoms with E-state index in [1.165, 1.54) is 0 Å². The summed E-state index contributed by atoms with van der Waals surface area (Å²) < 4.78 is 1.13. The van der Waals surface area contributed by atoms with E-state index in [0.29, 0.717) is 10.7 Å². The molecule has 25 heavy (non-hydrogen) atoms. The van der Waals surface area contributed by atoms with E-state index in [1.807, 2.05) is 36.4 Å². The number of anilines is 1. The molecular weight excluding hydrogens is 374 g/mol. The largest absolute Gasteiger partial charge is 0.331 e. The average Bonchev–Trinajstić information content (AvgIpc) is 3.00. The van der Waals surface area contributed by atoms with Gasteiger partial charge in [0, 0.05) is 11.5 Å². The Labute approximate surface area is 160 Å². The van der Waals surface area contributed by atoms with Crippen LogP contribution in [0, 0.1) is 5.92 Å². The smallest absolute Gasteiger partial charge is 0.228 e. The number of carbonyl (C=O) groups is 1. The summed E-state index contributed by atoms with van der Waals surface area (Å²) in [5.74, 6) is -0.291. The molecule has 0 spiro atoms. The summed E-state index contributed by atoms with van der Waals surface area (Å²) in [6, 6.07) is 13.6. The number of amides is 1. The van der Waals surface area contributed by atoms with Crippen LogP contribution in [-0.2, 0) is 4.79 Å². The van der Waals surface area contributed by atoms with Crippen molar-refractivity contribution in [3.8, 4) is 10.6 Å². The van der Waals surface area contributed by atoms with Crippen LogP contribution in [-0.4, -0.2) is 16.0 Å². The van der Waals surface area contributed by atoms with Gasteiger partial charge in [-0.2, -0.15) is 0 Å². The van der Waals surface area contributed by atoms with Crippen molar-refractivity contribution in [1.29, 1.82) is 0 Å². The van der Waals surface area contributed by atoms with E-state index in [0.717, 1.165) is 20.8 Å². The highest BCUT2D eigenvalue weighted by molar-refractivity contribution is 7.80. The number of thiocarbonyl (C=S) groups is 1. The Balaban J connectivity index is 1.85. The first kappa shape index (κ1) is 17.8. The summed E-state index contributed by atoms with van der Waals surface area (Å²) in [7, 11) is 0.